The van der Waals surface area contributed by atoms with Gasteiger partial charge in [-0.05, 0) is 66.9 Å². The van der Waals surface area contributed by atoms with Crippen molar-refractivity contribution in [1.29, 1.82) is 0 Å². The first-order chi connectivity index (χ1) is 18.1. The molecule has 1 fully saturated rings. The number of likely N-dealkylation sites (tertiary alicyclic amines) is 1. The zero-order chi connectivity index (χ0) is 25.7. The Balaban J connectivity index is 1.21. The van der Waals surface area contributed by atoms with Crippen LogP contribution in [0.25, 0.3) is 6.08 Å². The van der Waals surface area contributed by atoms with E-state index >= 15 is 0 Å². The molecule has 1 heterocycles. The van der Waals surface area contributed by atoms with Gasteiger partial charge < -0.3 is 19.9 Å². The fraction of sp³-hybridized carbons (Fsp3) is 0.323. The van der Waals surface area contributed by atoms with Crippen molar-refractivity contribution in [1.82, 2.24) is 10.2 Å². The molecule has 0 radical (unpaired) electrons. The lowest BCUT2D eigenvalue weighted by Gasteiger charge is -2.42. The number of carbonyl (C=O) groups is 1. The van der Waals surface area contributed by atoms with Crippen LogP contribution in [0.1, 0.15) is 35.6 Å². The van der Waals surface area contributed by atoms with Gasteiger partial charge in [0.2, 0.25) is 0 Å². The summed E-state index contributed by atoms with van der Waals surface area (Å²) in [6.07, 6.45) is 5.33. The van der Waals surface area contributed by atoms with Gasteiger partial charge in [0.15, 0.2) is 6.61 Å². The normalized spacial score (nSPS) is 20.6. The van der Waals surface area contributed by atoms with E-state index in [2.05, 4.69) is 28.4 Å². The van der Waals surface area contributed by atoms with Crippen molar-refractivity contribution in [2.75, 3.05) is 33.4 Å². The summed E-state index contributed by atoms with van der Waals surface area (Å²) in [6, 6.07) is 25.0. The van der Waals surface area contributed by atoms with Gasteiger partial charge in [-0.3, -0.25) is 9.69 Å². The Labute approximate surface area is 218 Å². The molecule has 0 saturated carbocycles. The number of nitrogens with one attached hydrogen (secondary N) is 1. The molecule has 0 aromatic heterocycles. The zero-order valence-corrected chi connectivity index (χ0v) is 21.2. The summed E-state index contributed by atoms with van der Waals surface area (Å²) in [5.74, 6) is 1.27. The van der Waals surface area contributed by atoms with Gasteiger partial charge in [-0.1, -0.05) is 66.7 Å². The summed E-state index contributed by atoms with van der Waals surface area (Å²) in [5.41, 5.74) is 2.95. The fourth-order valence-corrected chi connectivity index (χ4v) is 5.66. The number of para-hydroxylation sites is 1. The van der Waals surface area contributed by atoms with E-state index in [0.29, 0.717) is 5.75 Å². The number of methoxy groups -OCH3 is 1. The first kappa shape index (κ1) is 25.1. The van der Waals surface area contributed by atoms with E-state index in [1.807, 2.05) is 72.8 Å². The van der Waals surface area contributed by atoms with E-state index in [4.69, 9.17) is 9.47 Å². The van der Waals surface area contributed by atoms with Gasteiger partial charge in [0, 0.05) is 12.0 Å². The third-order valence-corrected chi connectivity index (χ3v) is 7.68. The summed E-state index contributed by atoms with van der Waals surface area (Å²) in [7, 11) is 1.67. The highest BCUT2D eigenvalue weighted by Gasteiger charge is 2.52. The van der Waals surface area contributed by atoms with Gasteiger partial charge >= 0.3 is 0 Å². The highest BCUT2D eigenvalue weighted by molar-refractivity contribution is 5.78. The number of hydrogen-bond donors (Lipinski definition) is 2. The fourth-order valence-electron chi connectivity index (χ4n) is 5.66. The number of aliphatic hydroxyl groups excluding tert-OH is 1. The molecular formula is C31H34N2O4. The smallest absolute Gasteiger partial charge is 0.258 e. The molecule has 1 amide bonds. The second-order valence-corrected chi connectivity index (χ2v) is 9.81. The van der Waals surface area contributed by atoms with Crippen molar-refractivity contribution in [2.24, 2.45) is 0 Å². The zero-order valence-electron chi connectivity index (χ0n) is 21.2. The molecule has 2 atom stereocenters. The van der Waals surface area contributed by atoms with Crippen LogP contribution in [0.2, 0.25) is 0 Å². The number of benzene rings is 3. The van der Waals surface area contributed by atoms with Crippen LogP contribution in [0.3, 0.4) is 0 Å². The van der Waals surface area contributed by atoms with E-state index in [0.717, 1.165) is 54.9 Å². The molecule has 6 nitrogen and oxygen atoms in total. The standard InChI is InChI=1S/C31H34N2O4/c1-36-24-15-13-23(14-16-24)8-7-19-33-20-17-31(18-21-33)27-12-6-5-11-26(27)29(30(31)35)32-28(34)22-37-25-9-3-2-4-10-25/h2-16,29-30,35H,17-22H2,1H3,(H,32,34)/b8-7+/t29-,30+/m1/s1. The molecule has 6 heteroatoms. The second-order valence-electron chi connectivity index (χ2n) is 9.81. The number of carbonyl (C=O) groups excluding carboxylic acids is 1. The van der Waals surface area contributed by atoms with Crippen molar-refractivity contribution in [2.45, 2.75) is 30.4 Å². The highest BCUT2D eigenvalue weighted by atomic mass is 16.5. The number of fused-ring (bicyclic) bond motifs is 2. The van der Waals surface area contributed by atoms with Crippen molar-refractivity contribution < 1.29 is 19.4 Å². The number of amides is 1. The monoisotopic (exact) mass is 498 g/mol. The molecular weight excluding hydrogens is 464 g/mol. The first-order valence-electron chi connectivity index (χ1n) is 12.9. The van der Waals surface area contributed by atoms with Crippen molar-refractivity contribution in [3.8, 4) is 11.5 Å². The van der Waals surface area contributed by atoms with Crippen LogP contribution in [-0.4, -0.2) is 55.4 Å². The SMILES string of the molecule is COc1ccc(/C=C/CN2CCC3(CC2)c2ccccc2[C@@H](NC(=O)COc2ccccc2)[C@@H]3O)cc1. The second kappa shape index (κ2) is 11.2. The summed E-state index contributed by atoms with van der Waals surface area (Å²) >= 11 is 0. The van der Waals surface area contributed by atoms with Crippen LogP contribution in [0, 0.1) is 0 Å². The Morgan fingerprint density at radius 2 is 1.70 bits per heavy atom. The van der Waals surface area contributed by atoms with Crippen molar-refractivity contribution in [3.63, 3.8) is 0 Å². The molecule has 1 saturated heterocycles. The van der Waals surface area contributed by atoms with Gasteiger partial charge in [0.05, 0.1) is 19.3 Å². The number of ether oxygens (including phenoxy) is 2. The first-order valence-corrected chi connectivity index (χ1v) is 12.9. The lowest BCUT2D eigenvalue weighted by Crippen LogP contribution is -2.50. The number of hydrogen-bond acceptors (Lipinski definition) is 5. The van der Waals surface area contributed by atoms with E-state index in [1.165, 1.54) is 0 Å². The average molecular weight is 499 g/mol. The Morgan fingerprint density at radius 3 is 2.43 bits per heavy atom. The van der Waals surface area contributed by atoms with Gasteiger partial charge in [0.25, 0.3) is 5.91 Å². The molecule has 37 heavy (non-hydrogen) atoms. The van der Waals surface area contributed by atoms with E-state index in [1.54, 1.807) is 7.11 Å². The van der Waals surface area contributed by atoms with Gasteiger partial charge in [0.1, 0.15) is 11.5 Å². The summed E-state index contributed by atoms with van der Waals surface area (Å²) < 4.78 is 10.8. The molecule has 1 aliphatic heterocycles. The van der Waals surface area contributed by atoms with Crippen LogP contribution in [-0.2, 0) is 10.2 Å². The third-order valence-electron chi connectivity index (χ3n) is 7.68. The third kappa shape index (κ3) is 5.41. The Bertz CT molecular complexity index is 1220. The molecule has 3 aromatic carbocycles. The number of nitrogens with zero attached hydrogens (tertiary/aromatic N) is 1. The summed E-state index contributed by atoms with van der Waals surface area (Å²) in [6.45, 7) is 2.54. The maximum atomic E-state index is 12.8. The highest BCUT2D eigenvalue weighted by Crippen LogP contribution is 2.50. The van der Waals surface area contributed by atoms with Gasteiger partial charge in [-0.15, -0.1) is 0 Å². The molecule has 0 unspecified atom stereocenters. The molecule has 192 valence electrons. The van der Waals surface area contributed by atoms with E-state index in [-0.39, 0.29) is 17.9 Å². The minimum absolute atomic E-state index is 0.0866. The predicted molar refractivity (Wildman–Crippen MR) is 145 cm³/mol. The van der Waals surface area contributed by atoms with E-state index in [9.17, 15) is 9.90 Å². The number of piperidine rings is 1. The minimum atomic E-state index is -0.678. The molecule has 2 N–H and O–H groups in total. The van der Waals surface area contributed by atoms with Crippen molar-refractivity contribution >= 4 is 12.0 Å². The largest absolute Gasteiger partial charge is 0.497 e. The maximum absolute atomic E-state index is 12.8. The number of aliphatic hydroxyl groups is 1. The molecule has 1 spiro atoms. The minimum Gasteiger partial charge on any atom is -0.497 e. The lowest BCUT2D eigenvalue weighted by molar-refractivity contribution is -0.125. The van der Waals surface area contributed by atoms with Gasteiger partial charge in [-0.25, -0.2) is 0 Å². The van der Waals surface area contributed by atoms with Crippen LogP contribution in [0.5, 0.6) is 11.5 Å². The van der Waals surface area contributed by atoms with Gasteiger partial charge in [-0.2, -0.15) is 0 Å². The molecule has 0 bridgehead atoms. The Hall–Kier alpha value is -3.61. The summed E-state index contributed by atoms with van der Waals surface area (Å²) in [5, 5.41) is 14.6. The molecule has 2 aliphatic rings. The summed E-state index contributed by atoms with van der Waals surface area (Å²) in [4.78, 5) is 15.2. The topological polar surface area (TPSA) is 71.0 Å². The van der Waals surface area contributed by atoms with E-state index < -0.39 is 12.1 Å². The lowest BCUT2D eigenvalue weighted by atomic mass is 9.72. The molecule has 3 aromatic rings. The average Bonchev–Trinajstić information content (AvgIpc) is 3.16. The molecule has 5 rings (SSSR count). The van der Waals surface area contributed by atoms with Crippen LogP contribution in [0.4, 0.5) is 0 Å². The molecule has 1 aliphatic carbocycles. The van der Waals surface area contributed by atoms with Crippen LogP contribution < -0.4 is 14.8 Å². The van der Waals surface area contributed by atoms with Crippen LogP contribution in [0.15, 0.2) is 84.9 Å². The van der Waals surface area contributed by atoms with Crippen LogP contribution >= 0.6 is 0 Å². The maximum Gasteiger partial charge on any atom is 0.258 e. The quantitative estimate of drug-likeness (QED) is 0.483. The number of rotatable bonds is 8. The predicted octanol–water partition coefficient (Wildman–Crippen LogP) is 4.35. The Kier molecular flexibility index (Phi) is 7.58. The van der Waals surface area contributed by atoms with Crippen molar-refractivity contribution in [3.05, 3.63) is 102 Å². The Morgan fingerprint density at radius 1 is 1.00 bits per heavy atom.